The van der Waals surface area contributed by atoms with Crippen molar-refractivity contribution in [2.45, 2.75) is 0 Å². The topological polar surface area (TPSA) is 95.9 Å². The van der Waals surface area contributed by atoms with Gasteiger partial charge >= 0.3 is 0 Å². The molecule has 10 heteroatoms. The summed E-state index contributed by atoms with van der Waals surface area (Å²) in [7, 11) is 1.40. The van der Waals surface area contributed by atoms with E-state index in [1.165, 1.54) is 25.3 Å². The zero-order valence-corrected chi connectivity index (χ0v) is 18.1. The zero-order valence-electron chi connectivity index (χ0n) is 14.9. The molecule has 1 fully saturated rings. The molecule has 0 spiro atoms. The molecule has 2 aromatic carbocycles. The molecule has 3 amide bonds. The lowest BCUT2D eigenvalue weighted by Crippen LogP contribution is -2.36. The third kappa shape index (κ3) is 4.75. The van der Waals surface area contributed by atoms with Crippen molar-refractivity contribution in [1.29, 1.82) is 0 Å². The van der Waals surface area contributed by atoms with Gasteiger partial charge < -0.3 is 15.2 Å². The second kappa shape index (κ2) is 8.89. The molecule has 2 aromatic rings. The number of hydrogen-bond donors (Lipinski definition) is 2. The third-order valence-electron chi connectivity index (χ3n) is 3.91. The fraction of sp³-hybridized carbons (Fsp3) is 0.105. The first-order valence-corrected chi connectivity index (χ1v) is 10.1. The molecule has 0 unspecified atom stereocenters. The number of phenols is 1. The van der Waals surface area contributed by atoms with E-state index in [4.69, 9.17) is 16.3 Å². The van der Waals surface area contributed by atoms with Crippen LogP contribution in [-0.4, -0.2) is 40.7 Å². The summed E-state index contributed by atoms with van der Waals surface area (Å²) in [4.78, 5) is 38.1. The van der Waals surface area contributed by atoms with Gasteiger partial charge in [0.05, 0.1) is 22.7 Å². The maximum Gasteiger partial charge on any atom is 0.294 e. The first-order chi connectivity index (χ1) is 13.8. The fourth-order valence-electron chi connectivity index (χ4n) is 2.51. The molecule has 0 atom stereocenters. The summed E-state index contributed by atoms with van der Waals surface area (Å²) >= 11 is 10.0. The smallest absolute Gasteiger partial charge is 0.294 e. The minimum atomic E-state index is -0.590. The first-order valence-electron chi connectivity index (χ1n) is 8.16. The highest BCUT2D eigenvalue weighted by atomic mass is 79.9. The lowest BCUT2D eigenvalue weighted by Gasteiger charge is -2.13. The molecular formula is C19H14BrClN2O5S. The van der Waals surface area contributed by atoms with Gasteiger partial charge in [-0.05, 0) is 47.7 Å². The van der Waals surface area contributed by atoms with Crippen LogP contribution in [0.3, 0.4) is 0 Å². The minimum Gasteiger partial charge on any atom is -0.504 e. The van der Waals surface area contributed by atoms with Crippen molar-refractivity contribution < 1.29 is 24.2 Å². The quantitative estimate of drug-likeness (QED) is 0.591. The highest BCUT2D eigenvalue weighted by Gasteiger charge is 2.36. The van der Waals surface area contributed by atoms with Crippen LogP contribution in [0.4, 0.5) is 10.5 Å². The molecule has 1 aliphatic rings. The number of amides is 3. The number of methoxy groups -OCH3 is 1. The van der Waals surface area contributed by atoms with Gasteiger partial charge in [0.25, 0.3) is 11.1 Å². The van der Waals surface area contributed by atoms with Gasteiger partial charge in [0, 0.05) is 4.47 Å². The average molecular weight is 498 g/mol. The normalized spacial score (nSPS) is 15.1. The van der Waals surface area contributed by atoms with Gasteiger partial charge in [0.2, 0.25) is 5.91 Å². The summed E-state index contributed by atoms with van der Waals surface area (Å²) in [6.45, 7) is -0.437. The van der Waals surface area contributed by atoms with Gasteiger partial charge in [-0.15, -0.1) is 0 Å². The number of nitrogens with zero attached hydrogens (tertiary/aromatic N) is 1. The summed E-state index contributed by atoms with van der Waals surface area (Å²) in [5, 5.41) is 12.2. The number of phenolic OH excluding ortho intramolecular Hbond substituents is 1. The molecule has 1 aliphatic heterocycles. The van der Waals surface area contributed by atoms with E-state index in [9.17, 15) is 19.5 Å². The summed E-state index contributed by atoms with van der Waals surface area (Å²) in [5.74, 6) is -0.985. The van der Waals surface area contributed by atoms with Crippen LogP contribution in [0.1, 0.15) is 5.56 Å². The third-order valence-corrected chi connectivity index (χ3v) is 5.83. The number of thioether (sulfide) groups is 1. The van der Waals surface area contributed by atoms with Crippen molar-refractivity contribution >= 4 is 68.1 Å². The van der Waals surface area contributed by atoms with Crippen LogP contribution in [0.25, 0.3) is 6.08 Å². The number of hydrogen-bond acceptors (Lipinski definition) is 6. The van der Waals surface area contributed by atoms with Crippen LogP contribution in [-0.2, 0) is 9.59 Å². The van der Waals surface area contributed by atoms with Crippen LogP contribution >= 0.6 is 39.3 Å². The number of nitrogens with one attached hydrogen (secondary N) is 1. The van der Waals surface area contributed by atoms with Crippen molar-refractivity contribution in [2.24, 2.45) is 0 Å². The van der Waals surface area contributed by atoms with E-state index in [1.54, 1.807) is 24.3 Å². The molecule has 3 rings (SSSR count). The maximum absolute atomic E-state index is 12.6. The molecular weight excluding hydrogens is 484 g/mol. The predicted molar refractivity (Wildman–Crippen MR) is 115 cm³/mol. The van der Waals surface area contributed by atoms with Gasteiger partial charge in [-0.1, -0.05) is 39.7 Å². The first kappa shape index (κ1) is 21.2. The Morgan fingerprint density at radius 1 is 1.34 bits per heavy atom. The Morgan fingerprint density at radius 2 is 2.07 bits per heavy atom. The zero-order chi connectivity index (χ0) is 21.1. The van der Waals surface area contributed by atoms with Crippen molar-refractivity contribution in [3.63, 3.8) is 0 Å². The van der Waals surface area contributed by atoms with Gasteiger partial charge in [-0.25, -0.2) is 0 Å². The summed E-state index contributed by atoms with van der Waals surface area (Å²) < 4.78 is 5.57. The Bertz CT molecular complexity index is 1040. The largest absolute Gasteiger partial charge is 0.504 e. The summed E-state index contributed by atoms with van der Waals surface area (Å²) in [6, 6.07) is 9.60. The molecule has 0 radical (unpaired) electrons. The molecule has 150 valence electrons. The molecule has 2 N–H and O–H groups in total. The van der Waals surface area contributed by atoms with E-state index in [-0.39, 0.29) is 16.4 Å². The van der Waals surface area contributed by atoms with Gasteiger partial charge in [-0.2, -0.15) is 0 Å². The second-order valence-corrected chi connectivity index (χ2v) is 8.10. The van der Waals surface area contributed by atoms with E-state index in [0.717, 1.165) is 16.7 Å². The molecule has 0 aliphatic carbocycles. The Labute approximate surface area is 183 Å². The molecule has 0 saturated carbocycles. The molecule has 1 heterocycles. The van der Waals surface area contributed by atoms with Gasteiger partial charge in [-0.3, -0.25) is 19.3 Å². The molecule has 0 bridgehead atoms. The number of imide groups is 1. The summed E-state index contributed by atoms with van der Waals surface area (Å²) in [6.07, 6.45) is 1.49. The number of aromatic hydroxyl groups is 1. The highest BCUT2D eigenvalue weighted by Crippen LogP contribution is 2.37. The van der Waals surface area contributed by atoms with E-state index >= 15 is 0 Å². The predicted octanol–water partition coefficient (Wildman–Crippen LogP) is 4.49. The van der Waals surface area contributed by atoms with Crippen molar-refractivity contribution in [3.05, 3.63) is 56.4 Å². The average Bonchev–Trinajstić information content (AvgIpc) is 2.93. The number of halogens is 2. The molecule has 29 heavy (non-hydrogen) atoms. The maximum atomic E-state index is 12.6. The van der Waals surface area contributed by atoms with Crippen LogP contribution < -0.4 is 10.1 Å². The van der Waals surface area contributed by atoms with Crippen LogP contribution in [0.5, 0.6) is 11.5 Å². The molecule has 1 saturated heterocycles. The fourth-order valence-corrected chi connectivity index (χ4v) is 3.96. The van der Waals surface area contributed by atoms with Crippen LogP contribution in [0.2, 0.25) is 5.02 Å². The SMILES string of the molecule is COc1cc(/C=C2/SC(=O)N(CC(=O)Nc3ccccc3Cl)C2=O)c(Br)cc1O. The second-order valence-electron chi connectivity index (χ2n) is 5.84. The number of rotatable bonds is 5. The number of benzene rings is 2. The number of carbonyl (C=O) groups is 3. The lowest BCUT2D eigenvalue weighted by molar-refractivity contribution is -0.127. The van der Waals surface area contributed by atoms with Crippen LogP contribution in [0.15, 0.2) is 45.8 Å². The van der Waals surface area contributed by atoms with Crippen molar-refractivity contribution in [2.75, 3.05) is 19.0 Å². The number of carbonyl (C=O) groups excluding carboxylic acids is 3. The monoisotopic (exact) mass is 496 g/mol. The van der Waals surface area contributed by atoms with Crippen LogP contribution in [0, 0.1) is 0 Å². The van der Waals surface area contributed by atoms with Gasteiger partial charge in [0.15, 0.2) is 11.5 Å². The van der Waals surface area contributed by atoms with Gasteiger partial charge in [0.1, 0.15) is 6.54 Å². The Kier molecular flexibility index (Phi) is 6.51. The minimum absolute atomic E-state index is 0.0686. The number of anilines is 1. The molecule has 0 aromatic heterocycles. The Morgan fingerprint density at radius 3 is 2.76 bits per heavy atom. The standard InChI is InChI=1S/C19H14BrClN2O5S/c1-28-15-6-10(11(20)8-14(15)24)7-16-18(26)23(19(27)29-16)9-17(25)22-13-5-3-2-4-12(13)21/h2-8,24H,9H2,1H3,(H,22,25)/b16-7+. The number of ether oxygens (including phenoxy) is 1. The van der Waals surface area contributed by atoms with E-state index in [2.05, 4.69) is 21.2 Å². The van der Waals surface area contributed by atoms with Crippen molar-refractivity contribution in [1.82, 2.24) is 4.90 Å². The molecule has 7 nitrogen and oxygen atoms in total. The number of para-hydroxylation sites is 1. The highest BCUT2D eigenvalue weighted by molar-refractivity contribution is 9.10. The summed E-state index contributed by atoms with van der Waals surface area (Å²) in [5.41, 5.74) is 0.924. The Balaban J connectivity index is 1.77. The van der Waals surface area contributed by atoms with E-state index < -0.39 is 23.6 Å². The van der Waals surface area contributed by atoms with E-state index in [1.807, 2.05) is 0 Å². The van der Waals surface area contributed by atoms with Crippen molar-refractivity contribution in [3.8, 4) is 11.5 Å². The Hall–Kier alpha value is -2.49. The lowest BCUT2D eigenvalue weighted by atomic mass is 10.2. The van der Waals surface area contributed by atoms with E-state index in [0.29, 0.717) is 20.7 Å².